The number of halogens is 3. The van der Waals surface area contributed by atoms with Crippen molar-refractivity contribution in [3.8, 4) is 0 Å². The summed E-state index contributed by atoms with van der Waals surface area (Å²) in [6.07, 6.45) is -3.84. The van der Waals surface area contributed by atoms with Gasteiger partial charge in [-0.1, -0.05) is 0 Å². The van der Waals surface area contributed by atoms with Crippen LogP contribution in [-0.4, -0.2) is 31.9 Å². The van der Waals surface area contributed by atoms with Gasteiger partial charge in [-0.2, -0.15) is 13.2 Å². The van der Waals surface area contributed by atoms with Crippen LogP contribution in [0.2, 0.25) is 0 Å². The van der Waals surface area contributed by atoms with Gasteiger partial charge in [0.2, 0.25) is 6.08 Å². The molecule has 74 valence electrons. The summed E-state index contributed by atoms with van der Waals surface area (Å²) >= 11 is 0. The Morgan fingerprint density at radius 2 is 2.15 bits per heavy atom. The second-order valence-electron chi connectivity index (χ2n) is 2.05. The zero-order valence-corrected chi connectivity index (χ0v) is 6.59. The Kier molecular flexibility index (Phi) is 4.13. The predicted molar refractivity (Wildman–Crippen MR) is 34.5 cm³/mol. The van der Waals surface area contributed by atoms with E-state index in [1.54, 1.807) is 0 Å². The van der Waals surface area contributed by atoms with Crippen LogP contribution in [0, 0.1) is 5.92 Å². The van der Waals surface area contributed by atoms with Gasteiger partial charge in [0.25, 0.3) is 0 Å². The maximum Gasteiger partial charge on any atom is 0.404 e. The van der Waals surface area contributed by atoms with E-state index in [9.17, 15) is 22.8 Å². The molecule has 0 aliphatic rings. The van der Waals surface area contributed by atoms with Crippen molar-refractivity contribution >= 4 is 12.0 Å². The molecule has 0 bridgehead atoms. The molecule has 0 aliphatic heterocycles. The summed E-state index contributed by atoms with van der Waals surface area (Å²) in [4.78, 5) is 22.7. The SMILES string of the molecule is COC(=O)C(CN=C=O)C(F)(F)F. The smallest absolute Gasteiger partial charge is 0.404 e. The predicted octanol–water partition coefficient (Wildman–Crippen LogP) is 0.674. The molecule has 0 saturated heterocycles. The van der Waals surface area contributed by atoms with E-state index >= 15 is 0 Å². The largest absolute Gasteiger partial charge is 0.468 e. The van der Waals surface area contributed by atoms with E-state index in [1.165, 1.54) is 0 Å². The van der Waals surface area contributed by atoms with Crippen LogP contribution in [0.15, 0.2) is 4.99 Å². The first-order valence-corrected chi connectivity index (χ1v) is 3.11. The topological polar surface area (TPSA) is 55.7 Å². The fourth-order valence-electron chi connectivity index (χ4n) is 0.582. The molecular formula is C6H6F3NO3. The summed E-state index contributed by atoms with van der Waals surface area (Å²) in [6, 6.07) is 0. The van der Waals surface area contributed by atoms with E-state index in [-0.39, 0.29) is 0 Å². The third kappa shape index (κ3) is 3.71. The molecule has 0 fully saturated rings. The number of ether oxygens (including phenoxy) is 1. The summed E-state index contributed by atoms with van der Waals surface area (Å²) < 4.78 is 39.9. The van der Waals surface area contributed by atoms with E-state index in [1.807, 2.05) is 0 Å². The zero-order chi connectivity index (χ0) is 10.5. The summed E-state index contributed by atoms with van der Waals surface area (Å²) in [6.45, 7) is -0.986. The number of carbonyl (C=O) groups is 1. The Labute approximate surface area is 71.4 Å². The van der Waals surface area contributed by atoms with Gasteiger partial charge < -0.3 is 4.74 Å². The lowest BCUT2D eigenvalue weighted by molar-refractivity contribution is -0.193. The van der Waals surface area contributed by atoms with E-state index < -0.39 is 24.6 Å². The number of nitrogens with zero attached hydrogens (tertiary/aromatic N) is 1. The van der Waals surface area contributed by atoms with Crippen molar-refractivity contribution in [2.45, 2.75) is 6.18 Å². The first-order chi connectivity index (χ1) is 5.93. The minimum Gasteiger partial charge on any atom is -0.468 e. The molecule has 0 aromatic heterocycles. The first-order valence-electron chi connectivity index (χ1n) is 3.11. The molecule has 0 aromatic rings. The van der Waals surface area contributed by atoms with Gasteiger partial charge in [-0.3, -0.25) is 4.79 Å². The minimum atomic E-state index is -4.76. The summed E-state index contributed by atoms with van der Waals surface area (Å²) in [5.41, 5.74) is 0. The molecule has 0 spiro atoms. The number of hydrogen-bond donors (Lipinski definition) is 0. The second kappa shape index (κ2) is 4.61. The van der Waals surface area contributed by atoms with Crippen molar-refractivity contribution in [3.63, 3.8) is 0 Å². The molecule has 0 radical (unpaired) electrons. The Bertz CT molecular complexity index is 232. The molecule has 1 atom stereocenters. The van der Waals surface area contributed by atoms with Crippen LogP contribution in [0.4, 0.5) is 13.2 Å². The number of methoxy groups -OCH3 is 1. The van der Waals surface area contributed by atoms with Crippen LogP contribution in [0.1, 0.15) is 0 Å². The average molecular weight is 197 g/mol. The molecule has 7 heteroatoms. The fourth-order valence-corrected chi connectivity index (χ4v) is 0.582. The molecule has 13 heavy (non-hydrogen) atoms. The lowest BCUT2D eigenvalue weighted by Crippen LogP contribution is -2.34. The van der Waals surface area contributed by atoms with Gasteiger partial charge in [-0.05, 0) is 0 Å². The van der Waals surface area contributed by atoms with Crippen LogP contribution in [0.3, 0.4) is 0 Å². The maximum atomic E-state index is 12.0. The van der Waals surface area contributed by atoms with E-state index in [0.717, 1.165) is 13.2 Å². The van der Waals surface area contributed by atoms with Gasteiger partial charge in [0.1, 0.15) is 0 Å². The highest BCUT2D eigenvalue weighted by atomic mass is 19.4. The molecule has 0 aromatic carbocycles. The Morgan fingerprint density at radius 1 is 1.62 bits per heavy atom. The molecule has 4 nitrogen and oxygen atoms in total. The normalized spacial score (nSPS) is 12.9. The van der Waals surface area contributed by atoms with Gasteiger partial charge in [-0.25, -0.2) is 9.79 Å². The monoisotopic (exact) mass is 197 g/mol. The van der Waals surface area contributed by atoms with Crippen molar-refractivity contribution < 1.29 is 27.5 Å². The van der Waals surface area contributed by atoms with E-state index in [0.29, 0.717) is 0 Å². The highest BCUT2D eigenvalue weighted by Crippen LogP contribution is 2.27. The van der Waals surface area contributed by atoms with Gasteiger partial charge in [-0.15, -0.1) is 0 Å². The zero-order valence-electron chi connectivity index (χ0n) is 6.59. The third-order valence-corrected chi connectivity index (χ3v) is 1.22. The Balaban J connectivity index is 4.55. The molecule has 0 heterocycles. The summed E-state index contributed by atoms with van der Waals surface area (Å²) in [5.74, 6) is -3.86. The number of rotatable bonds is 3. The van der Waals surface area contributed by atoms with Gasteiger partial charge in [0.05, 0.1) is 13.7 Å². The highest BCUT2D eigenvalue weighted by Gasteiger charge is 2.45. The van der Waals surface area contributed by atoms with E-state index in [4.69, 9.17) is 0 Å². The van der Waals surface area contributed by atoms with Crippen LogP contribution in [-0.2, 0) is 14.3 Å². The molecule has 0 saturated carbocycles. The molecule has 0 amide bonds. The van der Waals surface area contributed by atoms with Gasteiger partial charge >= 0.3 is 12.1 Å². The highest BCUT2D eigenvalue weighted by molar-refractivity contribution is 5.73. The van der Waals surface area contributed by atoms with Gasteiger partial charge in [0.15, 0.2) is 5.92 Å². The number of aliphatic imine (C=N–C) groups is 1. The molecule has 0 rings (SSSR count). The average Bonchev–Trinajstić information content (AvgIpc) is 2.02. The minimum absolute atomic E-state index is 0.825. The number of esters is 1. The van der Waals surface area contributed by atoms with Crippen molar-refractivity contribution in [1.29, 1.82) is 0 Å². The van der Waals surface area contributed by atoms with E-state index in [2.05, 4.69) is 9.73 Å². The summed E-state index contributed by atoms with van der Waals surface area (Å²) in [7, 11) is 0.825. The number of isocyanates is 1. The lowest BCUT2D eigenvalue weighted by Gasteiger charge is -2.14. The maximum absolute atomic E-state index is 12.0. The summed E-state index contributed by atoms with van der Waals surface area (Å²) in [5, 5.41) is 0. The Morgan fingerprint density at radius 3 is 2.46 bits per heavy atom. The van der Waals surface area contributed by atoms with Crippen LogP contribution in [0.5, 0.6) is 0 Å². The van der Waals surface area contributed by atoms with Crippen LogP contribution in [0.25, 0.3) is 0 Å². The first kappa shape index (κ1) is 11.6. The van der Waals surface area contributed by atoms with Crippen molar-refractivity contribution in [2.24, 2.45) is 10.9 Å². The quantitative estimate of drug-likeness (QED) is 0.379. The van der Waals surface area contributed by atoms with Crippen molar-refractivity contribution in [3.05, 3.63) is 0 Å². The standard InChI is InChI=1S/C6H6F3NO3/c1-13-5(12)4(2-10-3-11)6(7,8)9/h4H,2H2,1H3. The molecule has 0 N–H and O–H groups in total. The fraction of sp³-hybridized carbons (Fsp3) is 0.667. The molecular weight excluding hydrogens is 191 g/mol. The number of carbonyl (C=O) groups excluding carboxylic acids is 2. The molecule has 1 unspecified atom stereocenters. The van der Waals surface area contributed by atoms with Gasteiger partial charge in [0, 0.05) is 0 Å². The number of alkyl halides is 3. The van der Waals surface area contributed by atoms with Crippen LogP contribution >= 0.6 is 0 Å². The van der Waals surface area contributed by atoms with Crippen LogP contribution < -0.4 is 0 Å². The Hall–Kier alpha value is -1.36. The number of hydrogen-bond acceptors (Lipinski definition) is 4. The second-order valence-corrected chi connectivity index (χ2v) is 2.05. The van der Waals surface area contributed by atoms with Crippen molar-refractivity contribution in [1.82, 2.24) is 0 Å². The molecule has 0 aliphatic carbocycles. The lowest BCUT2D eigenvalue weighted by atomic mass is 10.1. The van der Waals surface area contributed by atoms with Crippen molar-refractivity contribution in [2.75, 3.05) is 13.7 Å². The third-order valence-electron chi connectivity index (χ3n) is 1.22.